The van der Waals surface area contributed by atoms with Crippen LogP contribution in [0.1, 0.15) is 29.9 Å². The first kappa shape index (κ1) is 23.8. The highest BCUT2D eigenvalue weighted by atomic mass is 35.5. The Balaban J connectivity index is 1.30. The molecule has 1 unspecified atom stereocenters. The molecule has 0 N–H and O–H groups in total. The van der Waals surface area contributed by atoms with Gasteiger partial charge in [0.1, 0.15) is 11.6 Å². The average molecular weight is 496 g/mol. The van der Waals surface area contributed by atoms with Crippen LogP contribution in [0.3, 0.4) is 0 Å². The zero-order chi connectivity index (χ0) is 24.4. The van der Waals surface area contributed by atoms with E-state index in [0.717, 1.165) is 55.8 Å². The molecule has 4 nitrogen and oxygen atoms in total. The van der Waals surface area contributed by atoms with Crippen LogP contribution in [0.15, 0.2) is 66.7 Å². The van der Waals surface area contributed by atoms with Crippen molar-refractivity contribution in [2.45, 2.75) is 18.8 Å². The second-order valence-electron chi connectivity index (χ2n) is 9.23. The predicted octanol–water partition coefficient (Wildman–Crippen LogP) is 5.70. The number of hydrogen-bond donors (Lipinski definition) is 0. The zero-order valence-electron chi connectivity index (χ0n) is 19.5. The van der Waals surface area contributed by atoms with Crippen molar-refractivity contribution in [2.24, 2.45) is 0 Å². The molecule has 2 aliphatic rings. The summed E-state index contributed by atoms with van der Waals surface area (Å²) in [5, 5.41) is 0.716. The van der Waals surface area contributed by atoms with E-state index < -0.39 is 0 Å². The van der Waals surface area contributed by atoms with E-state index in [1.54, 1.807) is 23.1 Å². The van der Waals surface area contributed by atoms with Crippen LogP contribution in [0.2, 0.25) is 5.02 Å². The van der Waals surface area contributed by atoms with Crippen molar-refractivity contribution in [3.05, 3.63) is 94.5 Å². The Morgan fingerprint density at radius 2 is 1.54 bits per heavy atom. The minimum Gasteiger partial charge on any atom is -0.369 e. The highest BCUT2D eigenvalue weighted by Gasteiger charge is 2.29. The maximum absolute atomic E-state index is 14.3. The Morgan fingerprint density at radius 1 is 0.857 bits per heavy atom. The first-order chi connectivity index (χ1) is 17.0. The molecule has 35 heavy (non-hydrogen) atoms. The SMILES string of the molecule is O=C(CN1CCN(c2ccc(Cl)cc2)CC1)N1CCCC(c2ccc(F)cc2)c2ccc(F)cc21. The standard InChI is InChI=1S/C28H28ClF2N3O/c29-21-5-10-24(11-6-21)33-16-14-32(15-17-33)19-28(35)34-13-1-2-25(20-3-7-22(30)8-4-20)26-12-9-23(31)18-27(26)34/h3-12,18,25H,1-2,13-17,19H2. The third kappa shape index (κ3) is 5.34. The predicted molar refractivity (Wildman–Crippen MR) is 136 cm³/mol. The smallest absolute Gasteiger partial charge is 0.241 e. The molecular formula is C28H28ClF2N3O. The number of carbonyl (C=O) groups excluding carboxylic acids is 1. The highest BCUT2D eigenvalue weighted by Crippen LogP contribution is 2.39. The van der Waals surface area contributed by atoms with Gasteiger partial charge in [0, 0.05) is 49.4 Å². The Labute approximate surface area is 209 Å². The maximum atomic E-state index is 14.3. The van der Waals surface area contributed by atoms with Gasteiger partial charge >= 0.3 is 0 Å². The lowest BCUT2D eigenvalue weighted by molar-refractivity contribution is -0.119. The van der Waals surface area contributed by atoms with Crippen molar-refractivity contribution in [1.29, 1.82) is 0 Å². The fourth-order valence-electron chi connectivity index (χ4n) is 5.17. The van der Waals surface area contributed by atoms with Gasteiger partial charge in [-0.1, -0.05) is 29.8 Å². The summed E-state index contributed by atoms with van der Waals surface area (Å²) >= 11 is 6.00. The molecular weight excluding hydrogens is 468 g/mol. The molecule has 0 bridgehead atoms. The van der Waals surface area contributed by atoms with E-state index in [2.05, 4.69) is 9.80 Å². The number of hydrogen-bond acceptors (Lipinski definition) is 3. The molecule has 2 heterocycles. The zero-order valence-corrected chi connectivity index (χ0v) is 20.2. The van der Waals surface area contributed by atoms with Crippen LogP contribution in [0, 0.1) is 11.6 Å². The fraction of sp³-hybridized carbons (Fsp3) is 0.321. The van der Waals surface area contributed by atoms with Crippen LogP contribution in [0.4, 0.5) is 20.2 Å². The normalized spacial score (nSPS) is 18.8. The van der Waals surface area contributed by atoms with Crippen LogP contribution in [0.5, 0.6) is 0 Å². The van der Waals surface area contributed by atoms with Crippen molar-refractivity contribution >= 4 is 28.9 Å². The van der Waals surface area contributed by atoms with E-state index >= 15 is 0 Å². The fourth-order valence-corrected chi connectivity index (χ4v) is 5.29. The summed E-state index contributed by atoms with van der Waals surface area (Å²) in [5.74, 6) is -0.670. The largest absolute Gasteiger partial charge is 0.369 e. The Hall–Kier alpha value is -2.96. The van der Waals surface area contributed by atoms with Crippen LogP contribution < -0.4 is 9.80 Å². The molecule has 0 aromatic heterocycles. The van der Waals surface area contributed by atoms with Crippen LogP contribution >= 0.6 is 11.6 Å². The van der Waals surface area contributed by atoms with Crippen molar-refractivity contribution < 1.29 is 13.6 Å². The van der Waals surface area contributed by atoms with Crippen LogP contribution in [-0.4, -0.2) is 50.1 Å². The van der Waals surface area contributed by atoms with Crippen LogP contribution in [0.25, 0.3) is 0 Å². The molecule has 3 aromatic carbocycles. The number of nitrogens with zero attached hydrogens (tertiary/aromatic N) is 3. The molecule has 1 fully saturated rings. The Kier molecular flexibility index (Phi) is 7.02. The molecule has 2 aliphatic heterocycles. The number of benzene rings is 3. The molecule has 0 aliphatic carbocycles. The lowest BCUT2D eigenvalue weighted by Crippen LogP contribution is -2.50. The van der Waals surface area contributed by atoms with E-state index in [4.69, 9.17) is 11.6 Å². The van der Waals surface area contributed by atoms with Crippen molar-refractivity contribution in [1.82, 2.24) is 4.90 Å². The summed E-state index contributed by atoms with van der Waals surface area (Å²) in [6.07, 6.45) is 1.60. The minimum atomic E-state index is -0.363. The summed E-state index contributed by atoms with van der Waals surface area (Å²) in [4.78, 5) is 19.7. The Morgan fingerprint density at radius 3 is 2.26 bits per heavy atom. The third-order valence-electron chi connectivity index (χ3n) is 7.03. The molecule has 1 saturated heterocycles. The lowest BCUT2D eigenvalue weighted by atomic mass is 9.87. The van der Waals surface area contributed by atoms with Gasteiger partial charge < -0.3 is 9.80 Å². The summed E-state index contributed by atoms with van der Waals surface area (Å²) in [5.41, 5.74) is 3.65. The number of fused-ring (bicyclic) bond motifs is 1. The van der Waals surface area contributed by atoms with Gasteiger partial charge in [0.05, 0.1) is 12.2 Å². The second-order valence-corrected chi connectivity index (χ2v) is 9.67. The number of piperazine rings is 1. The molecule has 0 saturated carbocycles. The van der Waals surface area contributed by atoms with Crippen molar-refractivity contribution in [3.8, 4) is 0 Å². The van der Waals surface area contributed by atoms with Gasteiger partial charge in [-0.15, -0.1) is 0 Å². The average Bonchev–Trinajstić information content (AvgIpc) is 3.05. The number of rotatable bonds is 4. The number of amides is 1. The van der Waals surface area contributed by atoms with Gasteiger partial charge in [0.2, 0.25) is 5.91 Å². The van der Waals surface area contributed by atoms with E-state index in [1.807, 2.05) is 24.3 Å². The molecule has 7 heteroatoms. The van der Waals surface area contributed by atoms with Gasteiger partial charge in [-0.05, 0) is 72.5 Å². The summed E-state index contributed by atoms with van der Waals surface area (Å²) in [7, 11) is 0. The molecule has 0 radical (unpaired) electrons. The first-order valence-corrected chi connectivity index (χ1v) is 12.4. The highest BCUT2D eigenvalue weighted by molar-refractivity contribution is 6.30. The van der Waals surface area contributed by atoms with Gasteiger partial charge in [0.15, 0.2) is 0 Å². The molecule has 3 aromatic rings. The van der Waals surface area contributed by atoms with Crippen molar-refractivity contribution in [3.63, 3.8) is 0 Å². The maximum Gasteiger partial charge on any atom is 0.241 e. The molecule has 1 amide bonds. The van der Waals surface area contributed by atoms with E-state index in [-0.39, 0.29) is 23.5 Å². The lowest BCUT2D eigenvalue weighted by Gasteiger charge is -2.36. The quantitative estimate of drug-likeness (QED) is 0.464. The monoisotopic (exact) mass is 495 g/mol. The number of carbonyl (C=O) groups is 1. The van der Waals surface area contributed by atoms with Crippen molar-refractivity contribution in [2.75, 3.05) is 49.1 Å². The van der Waals surface area contributed by atoms with Gasteiger partial charge in [-0.25, -0.2) is 8.78 Å². The molecule has 182 valence electrons. The van der Waals surface area contributed by atoms with E-state index in [9.17, 15) is 13.6 Å². The Bertz CT molecular complexity index is 1180. The second kappa shape index (κ2) is 10.3. The van der Waals surface area contributed by atoms with Gasteiger partial charge in [0.25, 0.3) is 0 Å². The van der Waals surface area contributed by atoms with Crippen LogP contribution in [-0.2, 0) is 4.79 Å². The molecule has 0 spiro atoms. The minimum absolute atomic E-state index is 0.00748. The summed E-state index contributed by atoms with van der Waals surface area (Å²) in [6, 6.07) is 19.0. The molecule has 5 rings (SSSR count). The topological polar surface area (TPSA) is 26.8 Å². The first-order valence-electron chi connectivity index (χ1n) is 12.1. The summed E-state index contributed by atoms with van der Waals surface area (Å²) in [6.45, 7) is 4.04. The van der Waals surface area contributed by atoms with E-state index in [1.165, 1.54) is 24.3 Å². The number of anilines is 2. The molecule has 1 atom stereocenters. The van der Waals surface area contributed by atoms with E-state index in [0.29, 0.717) is 23.8 Å². The third-order valence-corrected chi connectivity index (χ3v) is 7.28. The number of halogens is 3. The summed E-state index contributed by atoms with van der Waals surface area (Å²) < 4.78 is 27.8. The van der Waals surface area contributed by atoms with Gasteiger partial charge in [-0.3, -0.25) is 9.69 Å². The van der Waals surface area contributed by atoms with Gasteiger partial charge in [-0.2, -0.15) is 0 Å².